The lowest BCUT2D eigenvalue weighted by atomic mass is 10.2. The van der Waals surface area contributed by atoms with Crippen LogP contribution in [0.5, 0.6) is 0 Å². The van der Waals surface area contributed by atoms with E-state index in [1.54, 1.807) is 11.3 Å². The minimum Gasteiger partial charge on any atom is -0.357 e. The molecule has 2 aromatic heterocycles. The van der Waals surface area contributed by atoms with Gasteiger partial charge in [-0.25, -0.2) is 9.78 Å². The van der Waals surface area contributed by atoms with Gasteiger partial charge >= 0.3 is 6.03 Å². The van der Waals surface area contributed by atoms with Crippen molar-refractivity contribution in [2.75, 3.05) is 24.5 Å². The lowest BCUT2D eigenvalue weighted by molar-refractivity contribution is 0.240. The summed E-state index contributed by atoms with van der Waals surface area (Å²) < 4.78 is 0. The number of anilines is 1. The minimum absolute atomic E-state index is 0.124. The fraction of sp³-hybridized carbons (Fsp3) is 0.412. The molecule has 1 saturated heterocycles. The van der Waals surface area contributed by atoms with Crippen molar-refractivity contribution in [1.29, 1.82) is 0 Å². The Morgan fingerprint density at radius 1 is 1.26 bits per heavy atom. The van der Waals surface area contributed by atoms with Crippen LogP contribution in [-0.4, -0.2) is 30.6 Å². The molecule has 0 spiro atoms. The van der Waals surface area contributed by atoms with Crippen LogP contribution in [0.3, 0.4) is 0 Å². The SMILES string of the molecule is O=C(NCCc1cccs1)NCc1ccnc(N2CCCC2)c1. The molecule has 1 aliphatic rings. The largest absolute Gasteiger partial charge is 0.357 e. The zero-order valence-corrected chi connectivity index (χ0v) is 13.9. The molecule has 0 aliphatic carbocycles. The van der Waals surface area contributed by atoms with E-state index in [9.17, 15) is 4.79 Å². The van der Waals surface area contributed by atoms with Crippen LogP contribution < -0.4 is 15.5 Å². The van der Waals surface area contributed by atoms with Crippen LogP contribution in [0.4, 0.5) is 10.6 Å². The molecule has 23 heavy (non-hydrogen) atoms. The van der Waals surface area contributed by atoms with Crippen molar-refractivity contribution in [2.45, 2.75) is 25.8 Å². The van der Waals surface area contributed by atoms with E-state index in [1.165, 1.54) is 17.7 Å². The molecular weight excluding hydrogens is 308 g/mol. The number of hydrogen-bond acceptors (Lipinski definition) is 4. The van der Waals surface area contributed by atoms with Crippen molar-refractivity contribution in [3.63, 3.8) is 0 Å². The number of aromatic nitrogens is 1. The number of amides is 2. The van der Waals surface area contributed by atoms with Gasteiger partial charge in [0.25, 0.3) is 0 Å². The van der Waals surface area contributed by atoms with Crippen LogP contribution in [0.25, 0.3) is 0 Å². The first-order valence-corrected chi connectivity index (χ1v) is 8.93. The van der Waals surface area contributed by atoms with E-state index in [1.807, 2.05) is 18.3 Å². The van der Waals surface area contributed by atoms with Gasteiger partial charge in [-0.15, -0.1) is 11.3 Å². The summed E-state index contributed by atoms with van der Waals surface area (Å²) in [6, 6.07) is 8.01. The smallest absolute Gasteiger partial charge is 0.315 e. The summed E-state index contributed by atoms with van der Waals surface area (Å²) in [6.07, 6.45) is 5.16. The predicted octanol–water partition coefficient (Wildman–Crippen LogP) is 2.79. The number of carbonyl (C=O) groups is 1. The molecule has 1 aliphatic heterocycles. The van der Waals surface area contributed by atoms with Crippen molar-refractivity contribution in [3.8, 4) is 0 Å². The molecular formula is C17H22N4OS. The third-order valence-electron chi connectivity index (χ3n) is 3.93. The van der Waals surface area contributed by atoms with Crippen LogP contribution in [0.15, 0.2) is 35.8 Å². The molecule has 0 bridgehead atoms. The van der Waals surface area contributed by atoms with Crippen LogP contribution >= 0.6 is 11.3 Å². The van der Waals surface area contributed by atoms with E-state index in [0.29, 0.717) is 13.1 Å². The Balaban J connectivity index is 1.42. The molecule has 6 heteroatoms. The summed E-state index contributed by atoms with van der Waals surface area (Å²) >= 11 is 1.72. The number of nitrogens with one attached hydrogen (secondary N) is 2. The Morgan fingerprint density at radius 2 is 2.13 bits per heavy atom. The van der Waals surface area contributed by atoms with Gasteiger partial charge in [0.1, 0.15) is 5.82 Å². The van der Waals surface area contributed by atoms with Crippen LogP contribution in [0, 0.1) is 0 Å². The third kappa shape index (κ3) is 4.69. The first-order chi connectivity index (χ1) is 11.3. The normalized spacial score (nSPS) is 14.0. The highest BCUT2D eigenvalue weighted by molar-refractivity contribution is 7.09. The second-order valence-electron chi connectivity index (χ2n) is 5.66. The maximum atomic E-state index is 11.8. The predicted molar refractivity (Wildman–Crippen MR) is 93.9 cm³/mol. The summed E-state index contributed by atoms with van der Waals surface area (Å²) in [6.45, 7) is 3.33. The lowest BCUT2D eigenvalue weighted by Crippen LogP contribution is -2.36. The fourth-order valence-corrected chi connectivity index (χ4v) is 3.40. The van der Waals surface area contributed by atoms with Gasteiger partial charge in [0, 0.05) is 37.3 Å². The molecule has 122 valence electrons. The standard InChI is InChI=1S/C17H22N4OS/c22-17(19-8-6-15-4-3-11-23-15)20-13-14-5-7-18-16(12-14)21-9-1-2-10-21/h3-5,7,11-12H,1-2,6,8-10,13H2,(H2,19,20,22). The van der Waals surface area contributed by atoms with E-state index >= 15 is 0 Å². The number of nitrogens with zero attached hydrogens (tertiary/aromatic N) is 2. The molecule has 0 aromatic carbocycles. The van der Waals surface area contributed by atoms with E-state index in [4.69, 9.17) is 0 Å². The Hall–Kier alpha value is -2.08. The van der Waals surface area contributed by atoms with Gasteiger partial charge < -0.3 is 15.5 Å². The van der Waals surface area contributed by atoms with Crippen molar-refractivity contribution in [2.24, 2.45) is 0 Å². The van der Waals surface area contributed by atoms with E-state index in [-0.39, 0.29) is 6.03 Å². The molecule has 0 unspecified atom stereocenters. The minimum atomic E-state index is -0.124. The average Bonchev–Trinajstić information content (AvgIpc) is 3.27. The maximum Gasteiger partial charge on any atom is 0.315 e. The van der Waals surface area contributed by atoms with Crippen LogP contribution in [0.2, 0.25) is 0 Å². The average molecular weight is 330 g/mol. The Kier molecular flexibility index (Phi) is 5.47. The van der Waals surface area contributed by atoms with Gasteiger partial charge in [0.05, 0.1) is 0 Å². The third-order valence-corrected chi connectivity index (χ3v) is 4.87. The molecule has 3 rings (SSSR count). The van der Waals surface area contributed by atoms with Crippen LogP contribution in [-0.2, 0) is 13.0 Å². The molecule has 0 radical (unpaired) electrons. The quantitative estimate of drug-likeness (QED) is 0.856. The van der Waals surface area contributed by atoms with Crippen molar-refractivity contribution in [1.82, 2.24) is 15.6 Å². The van der Waals surface area contributed by atoms with Crippen molar-refractivity contribution in [3.05, 3.63) is 46.3 Å². The first-order valence-electron chi connectivity index (χ1n) is 8.05. The zero-order valence-electron chi connectivity index (χ0n) is 13.1. The summed E-state index contributed by atoms with van der Waals surface area (Å²) in [4.78, 5) is 19.8. The molecule has 1 fully saturated rings. The van der Waals surface area contributed by atoms with Gasteiger partial charge in [0.15, 0.2) is 0 Å². The Labute approximate surface area is 140 Å². The summed E-state index contributed by atoms with van der Waals surface area (Å²) in [5, 5.41) is 7.85. The van der Waals surface area contributed by atoms with Crippen molar-refractivity contribution >= 4 is 23.2 Å². The number of pyridine rings is 1. The highest BCUT2D eigenvalue weighted by Crippen LogP contribution is 2.18. The van der Waals surface area contributed by atoms with Gasteiger partial charge in [-0.1, -0.05) is 6.07 Å². The number of thiophene rings is 1. The molecule has 2 aromatic rings. The Bertz CT molecular complexity index is 623. The highest BCUT2D eigenvalue weighted by atomic mass is 32.1. The molecule has 0 atom stereocenters. The van der Waals surface area contributed by atoms with Crippen LogP contribution in [0.1, 0.15) is 23.3 Å². The summed E-state index contributed by atoms with van der Waals surface area (Å²) in [5.74, 6) is 1.01. The summed E-state index contributed by atoms with van der Waals surface area (Å²) in [7, 11) is 0. The number of rotatable bonds is 6. The first kappa shape index (κ1) is 15.8. The zero-order chi connectivity index (χ0) is 15.9. The number of carbonyl (C=O) groups excluding carboxylic acids is 1. The van der Waals surface area contributed by atoms with E-state index < -0.39 is 0 Å². The summed E-state index contributed by atoms with van der Waals surface area (Å²) in [5.41, 5.74) is 1.08. The number of urea groups is 1. The van der Waals surface area contributed by atoms with Gasteiger partial charge in [-0.05, 0) is 48.4 Å². The van der Waals surface area contributed by atoms with E-state index in [0.717, 1.165) is 30.9 Å². The molecule has 2 amide bonds. The molecule has 2 N–H and O–H groups in total. The van der Waals surface area contributed by atoms with Crippen molar-refractivity contribution < 1.29 is 4.79 Å². The topological polar surface area (TPSA) is 57.3 Å². The van der Waals surface area contributed by atoms with Gasteiger partial charge in [0.2, 0.25) is 0 Å². The van der Waals surface area contributed by atoms with E-state index in [2.05, 4.69) is 38.0 Å². The molecule has 0 saturated carbocycles. The lowest BCUT2D eigenvalue weighted by Gasteiger charge is -2.17. The second-order valence-corrected chi connectivity index (χ2v) is 6.69. The number of hydrogen-bond donors (Lipinski definition) is 2. The molecule has 3 heterocycles. The molecule has 5 nitrogen and oxygen atoms in total. The second kappa shape index (κ2) is 7.97. The monoisotopic (exact) mass is 330 g/mol. The highest BCUT2D eigenvalue weighted by Gasteiger charge is 2.13. The fourth-order valence-electron chi connectivity index (χ4n) is 2.69. The maximum absolute atomic E-state index is 11.8. The Morgan fingerprint density at radius 3 is 2.91 bits per heavy atom. The van der Waals surface area contributed by atoms with Gasteiger partial charge in [-0.2, -0.15) is 0 Å². The van der Waals surface area contributed by atoms with Gasteiger partial charge in [-0.3, -0.25) is 0 Å².